The molecule has 0 aromatic heterocycles. The quantitative estimate of drug-likeness (QED) is 0.897. The molecule has 5 heteroatoms. The number of aliphatic carboxylic acids is 1. The lowest BCUT2D eigenvalue weighted by Gasteiger charge is -2.25. The van der Waals surface area contributed by atoms with E-state index in [4.69, 9.17) is 5.11 Å². The summed E-state index contributed by atoms with van der Waals surface area (Å²) in [5.74, 6) is -2.03. The van der Waals surface area contributed by atoms with Crippen molar-refractivity contribution in [2.24, 2.45) is 0 Å². The summed E-state index contributed by atoms with van der Waals surface area (Å²) >= 11 is 0. The summed E-state index contributed by atoms with van der Waals surface area (Å²) in [5, 5.41) is 11.4. The van der Waals surface area contributed by atoms with Crippen LogP contribution in [0.25, 0.3) is 0 Å². The van der Waals surface area contributed by atoms with Gasteiger partial charge in [0, 0.05) is 12.1 Å². The molecule has 1 aliphatic rings. The highest BCUT2D eigenvalue weighted by molar-refractivity contribution is 5.69. The van der Waals surface area contributed by atoms with Gasteiger partial charge in [-0.05, 0) is 36.5 Å². The highest BCUT2D eigenvalue weighted by Crippen LogP contribution is 2.25. The number of benzene rings is 1. The molecular weight excluding hydrogens is 264 g/mol. The van der Waals surface area contributed by atoms with Gasteiger partial charge < -0.3 is 10.4 Å². The molecule has 0 amide bonds. The van der Waals surface area contributed by atoms with Gasteiger partial charge in [-0.1, -0.05) is 20.3 Å². The summed E-state index contributed by atoms with van der Waals surface area (Å²) in [6.45, 7) is 4.11. The first-order chi connectivity index (χ1) is 9.47. The molecule has 2 N–H and O–H groups in total. The van der Waals surface area contributed by atoms with E-state index < -0.39 is 17.6 Å². The van der Waals surface area contributed by atoms with Gasteiger partial charge in [0.05, 0.1) is 6.54 Å². The van der Waals surface area contributed by atoms with Crippen molar-refractivity contribution in [1.82, 2.24) is 5.32 Å². The molecule has 0 saturated carbocycles. The first-order valence-electron chi connectivity index (χ1n) is 6.89. The summed E-state index contributed by atoms with van der Waals surface area (Å²) in [6, 6.07) is 2.17. The van der Waals surface area contributed by atoms with E-state index in [1.807, 2.05) is 0 Å². The van der Waals surface area contributed by atoms with Crippen LogP contribution < -0.4 is 5.32 Å². The molecule has 20 heavy (non-hydrogen) atoms. The lowest BCUT2D eigenvalue weighted by atomic mass is 9.88. The van der Waals surface area contributed by atoms with Crippen molar-refractivity contribution in [3.63, 3.8) is 0 Å². The fourth-order valence-electron chi connectivity index (χ4n) is 2.19. The molecule has 1 atom stereocenters. The molecule has 0 spiro atoms. The molecule has 0 fully saturated rings. The Morgan fingerprint density at radius 1 is 1.40 bits per heavy atom. The minimum absolute atomic E-state index is 0.0569. The summed E-state index contributed by atoms with van der Waals surface area (Å²) in [5.41, 5.74) is 1.19. The lowest BCUT2D eigenvalue weighted by Crippen LogP contribution is -2.38. The Labute approximate surface area is 118 Å². The molecule has 0 radical (unpaired) electrons. The molecule has 112 valence electrons. The van der Waals surface area contributed by atoms with E-state index in [-0.39, 0.29) is 12.6 Å². The lowest BCUT2D eigenvalue weighted by molar-refractivity contribution is -0.136. The number of rotatable bonds is 3. The van der Waals surface area contributed by atoms with Crippen molar-refractivity contribution in [3.05, 3.63) is 34.9 Å². The second-order valence-corrected chi connectivity index (χ2v) is 4.95. The Balaban J connectivity index is 0.000000612. The van der Waals surface area contributed by atoms with E-state index in [0.29, 0.717) is 30.4 Å². The van der Waals surface area contributed by atoms with Gasteiger partial charge in [-0.25, -0.2) is 8.78 Å². The summed E-state index contributed by atoms with van der Waals surface area (Å²) in [6.07, 6.45) is 2.93. The first-order valence-corrected chi connectivity index (χ1v) is 6.89. The van der Waals surface area contributed by atoms with Crippen molar-refractivity contribution >= 4 is 5.97 Å². The molecule has 0 saturated heterocycles. The van der Waals surface area contributed by atoms with Crippen LogP contribution in [0.2, 0.25) is 0 Å². The Kier molecular flexibility index (Phi) is 6.58. The Morgan fingerprint density at radius 3 is 2.65 bits per heavy atom. The largest absolute Gasteiger partial charge is 0.480 e. The molecule has 3 nitrogen and oxygen atoms in total. The Morgan fingerprint density at radius 2 is 2.05 bits per heavy atom. The molecule has 0 heterocycles. The van der Waals surface area contributed by atoms with Crippen LogP contribution in [-0.4, -0.2) is 23.7 Å². The van der Waals surface area contributed by atoms with Gasteiger partial charge in [-0.3, -0.25) is 4.79 Å². The SMILES string of the molecule is CCC.O=C(O)CNC1CCc2cc(F)cc(F)c2C1. The van der Waals surface area contributed by atoms with Gasteiger partial charge in [-0.2, -0.15) is 0 Å². The van der Waals surface area contributed by atoms with Crippen LogP contribution in [0.5, 0.6) is 0 Å². The number of fused-ring (bicyclic) bond motifs is 1. The third-order valence-electron chi connectivity index (χ3n) is 3.01. The van der Waals surface area contributed by atoms with E-state index in [2.05, 4.69) is 19.2 Å². The van der Waals surface area contributed by atoms with Crippen molar-refractivity contribution in [1.29, 1.82) is 0 Å². The normalized spacial score (nSPS) is 16.9. The van der Waals surface area contributed by atoms with Gasteiger partial charge in [0.2, 0.25) is 0 Å². The zero-order valence-electron chi connectivity index (χ0n) is 11.9. The molecule has 0 bridgehead atoms. The van der Waals surface area contributed by atoms with Gasteiger partial charge in [0.25, 0.3) is 0 Å². The minimum atomic E-state index is -0.935. The van der Waals surface area contributed by atoms with Crippen LogP contribution in [-0.2, 0) is 17.6 Å². The molecule has 0 aliphatic heterocycles. The van der Waals surface area contributed by atoms with E-state index in [1.165, 1.54) is 12.5 Å². The fourth-order valence-corrected chi connectivity index (χ4v) is 2.19. The van der Waals surface area contributed by atoms with Crippen LogP contribution >= 0.6 is 0 Å². The first kappa shape index (κ1) is 16.6. The number of hydrogen-bond acceptors (Lipinski definition) is 2. The number of carboxylic acids is 1. The molecule has 2 rings (SSSR count). The van der Waals surface area contributed by atoms with Gasteiger partial charge in [0.1, 0.15) is 11.6 Å². The minimum Gasteiger partial charge on any atom is -0.480 e. The summed E-state index contributed by atoms with van der Waals surface area (Å²) in [4.78, 5) is 10.4. The third-order valence-corrected chi connectivity index (χ3v) is 3.01. The van der Waals surface area contributed by atoms with Gasteiger partial charge in [-0.15, -0.1) is 0 Å². The standard InChI is InChI=1S/C12H13F2NO2.C3H8/c13-8-3-7-1-2-9(15-6-12(16)17)5-10(7)11(14)4-8;1-3-2/h3-4,9,15H,1-2,5-6H2,(H,16,17);3H2,1-2H3. The van der Waals surface area contributed by atoms with Gasteiger partial charge in [0.15, 0.2) is 0 Å². The predicted molar refractivity (Wildman–Crippen MR) is 73.8 cm³/mol. The second kappa shape index (κ2) is 7.94. The van der Waals surface area contributed by atoms with Crippen LogP contribution in [0.4, 0.5) is 8.78 Å². The van der Waals surface area contributed by atoms with Crippen molar-refractivity contribution in [3.8, 4) is 0 Å². The molecular formula is C15H21F2NO2. The average molecular weight is 285 g/mol. The van der Waals surface area contributed by atoms with Crippen LogP contribution in [0.3, 0.4) is 0 Å². The number of hydrogen-bond donors (Lipinski definition) is 2. The third kappa shape index (κ3) is 4.89. The molecule has 1 unspecified atom stereocenters. The number of nitrogens with one attached hydrogen (secondary N) is 1. The maximum atomic E-state index is 13.5. The summed E-state index contributed by atoms with van der Waals surface area (Å²) in [7, 11) is 0. The molecule has 1 aromatic carbocycles. The van der Waals surface area contributed by atoms with E-state index in [1.54, 1.807) is 0 Å². The predicted octanol–water partition coefficient (Wildman–Crippen LogP) is 2.91. The Hall–Kier alpha value is -1.49. The average Bonchev–Trinajstić information content (AvgIpc) is 2.37. The maximum absolute atomic E-state index is 13.5. The van der Waals surface area contributed by atoms with E-state index in [0.717, 1.165) is 6.07 Å². The van der Waals surface area contributed by atoms with Crippen molar-refractivity contribution in [2.75, 3.05) is 6.54 Å². The van der Waals surface area contributed by atoms with E-state index in [9.17, 15) is 13.6 Å². The van der Waals surface area contributed by atoms with Crippen LogP contribution in [0.1, 0.15) is 37.8 Å². The topological polar surface area (TPSA) is 49.3 Å². The maximum Gasteiger partial charge on any atom is 0.317 e. The van der Waals surface area contributed by atoms with Crippen molar-refractivity contribution in [2.45, 2.75) is 45.6 Å². The zero-order valence-corrected chi connectivity index (χ0v) is 11.9. The highest BCUT2D eigenvalue weighted by Gasteiger charge is 2.22. The fraction of sp³-hybridized carbons (Fsp3) is 0.533. The van der Waals surface area contributed by atoms with Crippen LogP contribution in [0.15, 0.2) is 12.1 Å². The Bertz CT molecular complexity index is 463. The summed E-state index contributed by atoms with van der Waals surface area (Å²) < 4.78 is 26.5. The van der Waals surface area contributed by atoms with Crippen molar-refractivity contribution < 1.29 is 18.7 Å². The second-order valence-electron chi connectivity index (χ2n) is 4.95. The van der Waals surface area contributed by atoms with Crippen LogP contribution in [0, 0.1) is 11.6 Å². The number of aryl methyl sites for hydroxylation is 1. The number of carboxylic acid groups (broad SMARTS) is 1. The molecule has 1 aliphatic carbocycles. The number of halogens is 2. The number of carbonyl (C=O) groups is 1. The molecule has 1 aromatic rings. The highest BCUT2D eigenvalue weighted by atomic mass is 19.1. The smallest absolute Gasteiger partial charge is 0.317 e. The monoisotopic (exact) mass is 285 g/mol. The van der Waals surface area contributed by atoms with Gasteiger partial charge >= 0.3 is 5.97 Å². The zero-order chi connectivity index (χ0) is 15.1. The van der Waals surface area contributed by atoms with E-state index >= 15 is 0 Å².